The van der Waals surface area contributed by atoms with Gasteiger partial charge in [-0.05, 0) is 49.8 Å². The van der Waals surface area contributed by atoms with E-state index >= 15 is 0 Å². The summed E-state index contributed by atoms with van der Waals surface area (Å²) in [4.78, 5) is 19.4. The zero-order chi connectivity index (χ0) is 19.0. The first kappa shape index (κ1) is 17.7. The average Bonchev–Trinajstić information content (AvgIpc) is 3.55. The average molecular weight is 377 g/mol. The van der Waals surface area contributed by atoms with Gasteiger partial charge in [0.05, 0.1) is 6.04 Å². The first-order chi connectivity index (χ1) is 13.7. The summed E-state index contributed by atoms with van der Waals surface area (Å²) in [7, 11) is 0. The van der Waals surface area contributed by atoms with Crippen molar-refractivity contribution in [2.75, 3.05) is 19.6 Å². The minimum absolute atomic E-state index is 0.0272. The van der Waals surface area contributed by atoms with Crippen LogP contribution in [0.15, 0.2) is 48.8 Å². The number of fused-ring (bicyclic) bond motifs is 1. The van der Waals surface area contributed by atoms with Gasteiger partial charge < -0.3 is 15.0 Å². The number of amides is 1. The SMILES string of the molecule is O=C(NC1CC2(CCN(CC3CC3)CC2)Oc2ccccc21)c1ccncc1. The molecule has 3 aliphatic rings. The molecule has 2 aliphatic heterocycles. The topological polar surface area (TPSA) is 54.5 Å². The molecule has 146 valence electrons. The van der Waals surface area contributed by atoms with Crippen molar-refractivity contribution in [2.24, 2.45) is 5.92 Å². The number of likely N-dealkylation sites (tertiary alicyclic amines) is 1. The van der Waals surface area contributed by atoms with Crippen molar-refractivity contribution in [3.8, 4) is 5.75 Å². The number of carbonyl (C=O) groups excluding carboxylic acids is 1. The molecule has 1 N–H and O–H groups in total. The van der Waals surface area contributed by atoms with E-state index in [1.165, 1.54) is 19.4 Å². The van der Waals surface area contributed by atoms with Gasteiger partial charge >= 0.3 is 0 Å². The molecule has 5 rings (SSSR count). The molecule has 1 aliphatic carbocycles. The van der Waals surface area contributed by atoms with E-state index in [0.717, 1.165) is 49.6 Å². The van der Waals surface area contributed by atoms with E-state index in [0.29, 0.717) is 5.56 Å². The second-order valence-electron chi connectivity index (χ2n) is 8.53. The van der Waals surface area contributed by atoms with Crippen LogP contribution in [0, 0.1) is 5.92 Å². The number of pyridine rings is 1. The lowest BCUT2D eigenvalue weighted by molar-refractivity contribution is -0.0254. The lowest BCUT2D eigenvalue weighted by Gasteiger charge is -2.47. The molecule has 5 nitrogen and oxygen atoms in total. The van der Waals surface area contributed by atoms with E-state index in [-0.39, 0.29) is 17.6 Å². The summed E-state index contributed by atoms with van der Waals surface area (Å²) in [6.45, 7) is 3.42. The van der Waals surface area contributed by atoms with Crippen LogP contribution in [0.5, 0.6) is 5.75 Å². The van der Waals surface area contributed by atoms with E-state index in [1.54, 1.807) is 24.5 Å². The fourth-order valence-corrected chi connectivity index (χ4v) is 4.61. The smallest absolute Gasteiger partial charge is 0.251 e. The number of piperidine rings is 1. The third-order valence-corrected chi connectivity index (χ3v) is 6.43. The zero-order valence-electron chi connectivity index (χ0n) is 16.1. The minimum atomic E-state index is -0.176. The molecule has 1 spiro atoms. The summed E-state index contributed by atoms with van der Waals surface area (Å²) in [6.07, 6.45) is 8.99. The first-order valence-corrected chi connectivity index (χ1v) is 10.4. The number of para-hydroxylation sites is 1. The van der Waals surface area contributed by atoms with E-state index in [4.69, 9.17) is 4.74 Å². The Labute approximate surface area is 166 Å². The first-order valence-electron chi connectivity index (χ1n) is 10.4. The molecule has 1 unspecified atom stereocenters. The molecule has 1 amide bonds. The number of ether oxygens (including phenoxy) is 1. The van der Waals surface area contributed by atoms with Gasteiger partial charge in [0, 0.05) is 49.6 Å². The summed E-state index contributed by atoms with van der Waals surface area (Å²) >= 11 is 0. The molecule has 1 atom stereocenters. The van der Waals surface area contributed by atoms with Crippen molar-refractivity contribution in [3.05, 3.63) is 59.9 Å². The third-order valence-electron chi connectivity index (χ3n) is 6.43. The second kappa shape index (κ2) is 7.21. The van der Waals surface area contributed by atoms with Crippen LogP contribution in [-0.4, -0.2) is 41.0 Å². The predicted octanol–water partition coefficient (Wildman–Crippen LogP) is 3.58. The van der Waals surface area contributed by atoms with Crippen LogP contribution >= 0.6 is 0 Å². The van der Waals surface area contributed by atoms with E-state index in [9.17, 15) is 4.79 Å². The Morgan fingerprint density at radius 3 is 2.64 bits per heavy atom. The Hall–Kier alpha value is -2.40. The Morgan fingerprint density at radius 1 is 1.14 bits per heavy atom. The standard InChI is InChI=1S/C23H27N3O2/c27-22(18-7-11-24-12-8-18)25-20-15-23(28-21-4-2-1-3-19(20)21)9-13-26(14-10-23)16-17-5-6-17/h1-4,7-8,11-12,17,20H,5-6,9-10,13-16H2,(H,25,27). The quantitative estimate of drug-likeness (QED) is 0.885. The van der Waals surface area contributed by atoms with Crippen LogP contribution < -0.4 is 10.1 Å². The van der Waals surface area contributed by atoms with E-state index in [1.807, 2.05) is 18.2 Å². The van der Waals surface area contributed by atoms with Crippen LogP contribution in [-0.2, 0) is 0 Å². The summed E-state index contributed by atoms with van der Waals surface area (Å²) in [5.41, 5.74) is 1.55. The third kappa shape index (κ3) is 3.63. The zero-order valence-corrected chi connectivity index (χ0v) is 16.1. The van der Waals surface area contributed by atoms with Gasteiger partial charge in [0.25, 0.3) is 5.91 Å². The van der Waals surface area contributed by atoms with Crippen LogP contribution in [0.3, 0.4) is 0 Å². The van der Waals surface area contributed by atoms with Gasteiger partial charge in [-0.15, -0.1) is 0 Å². The largest absolute Gasteiger partial charge is 0.487 e. The number of hydrogen-bond acceptors (Lipinski definition) is 4. The predicted molar refractivity (Wildman–Crippen MR) is 107 cm³/mol. The van der Waals surface area contributed by atoms with E-state index in [2.05, 4.69) is 21.3 Å². The van der Waals surface area contributed by atoms with Crippen molar-refractivity contribution in [3.63, 3.8) is 0 Å². The maximum Gasteiger partial charge on any atom is 0.251 e. The van der Waals surface area contributed by atoms with Gasteiger partial charge in [-0.2, -0.15) is 0 Å². The molecule has 28 heavy (non-hydrogen) atoms. The fourth-order valence-electron chi connectivity index (χ4n) is 4.61. The molecule has 0 bridgehead atoms. The highest BCUT2D eigenvalue weighted by molar-refractivity contribution is 5.94. The van der Waals surface area contributed by atoms with Gasteiger partial charge in [-0.25, -0.2) is 0 Å². The van der Waals surface area contributed by atoms with Crippen LogP contribution in [0.1, 0.15) is 54.1 Å². The number of benzene rings is 1. The lowest BCUT2D eigenvalue weighted by atomic mass is 9.80. The van der Waals surface area contributed by atoms with E-state index < -0.39 is 0 Å². The molecule has 0 radical (unpaired) electrons. The summed E-state index contributed by atoms with van der Waals surface area (Å²) in [6, 6.07) is 11.6. The van der Waals surface area contributed by atoms with Crippen molar-refractivity contribution in [2.45, 2.75) is 43.7 Å². The maximum atomic E-state index is 12.8. The van der Waals surface area contributed by atoms with Gasteiger partial charge in [-0.1, -0.05) is 18.2 Å². The van der Waals surface area contributed by atoms with Crippen molar-refractivity contribution in [1.82, 2.24) is 15.2 Å². The highest BCUT2D eigenvalue weighted by Crippen LogP contribution is 2.44. The summed E-state index contributed by atoms with van der Waals surface area (Å²) in [5.74, 6) is 1.80. The van der Waals surface area contributed by atoms with Gasteiger partial charge in [-0.3, -0.25) is 9.78 Å². The molecule has 1 aromatic heterocycles. The summed E-state index contributed by atoms with van der Waals surface area (Å²) < 4.78 is 6.56. The van der Waals surface area contributed by atoms with Crippen LogP contribution in [0.25, 0.3) is 0 Å². The lowest BCUT2D eigenvalue weighted by Crippen LogP contribution is -2.52. The Balaban J connectivity index is 1.34. The molecule has 1 saturated heterocycles. The molecule has 1 saturated carbocycles. The van der Waals surface area contributed by atoms with Crippen molar-refractivity contribution < 1.29 is 9.53 Å². The molecule has 3 heterocycles. The highest BCUT2D eigenvalue weighted by atomic mass is 16.5. The second-order valence-corrected chi connectivity index (χ2v) is 8.53. The molecule has 5 heteroatoms. The van der Waals surface area contributed by atoms with Crippen molar-refractivity contribution >= 4 is 5.91 Å². The van der Waals surface area contributed by atoms with Crippen LogP contribution in [0.2, 0.25) is 0 Å². The van der Waals surface area contributed by atoms with Gasteiger partial charge in [0.1, 0.15) is 11.4 Å². The number of rotatable bonds is 4. The number of carbonyl (C=O) groups is 1. The fraction of sp³-hybridized carbons (Fsp3) is 0.478. The highest BCUT2D eigenvalue weighted by Gasteiger charge is 2.44. The molecule has 1 aromatic carbocycles. The Bertz CT molecular complexity index is 842. The molecule has 2 fully saturated rings. The van der Waals surface area contributed by atoms with Crippen LogP contribution in [0.4, 0.5) is 0 Å². The number of nitrogens with one attached hydrogen (secondary N) is 1. The molecular formula is C23H27N3O2. The number of aromatic nitrogens is 1. The number of hydrogen-bond donors (Lipinski definition) is 1. The van der Waals surface area contributed by atoms with Gasteiger partial charge in [0.15, 0.2) is 0 Å². The van der Waals surface area contributed by atoms with Gasteiger partial charge in [0.2, 0.25) is 0 Å². The summed E-state index contributed by atoms with van der Waals surface area (Å²) in [5, 5.41) is 3.26. The number of nitrogens with zero attached hydrogens (tertiary/aromatic N) is 2. The molecule has 2 aromatic rings. The Kier molecular flexibility index (Phi) is 4.55. The maximum absolute atomic E-state index is 12.8. The van der Waals surface area contributed by atoms with Crippen molar-refractivity contribution in [1.29, 1.82) is 0 Å². The molecular weight excluding hydrogens is 350 g/mol. The minimum Gasteiger partial charge on any atom is -0.487 e. The normalized spacial score (nSPS) is 23.6. The Morgan fingerprint density at radius 2 is 1.89 bits per heavy atom. The monoisotopic (exact) mass is 377 g/mol.